The second-order valence-electron chi connectivity index (χ2n) is 3.61. The first-order valence-corrected chi connectivity index (χ1v) is 5.60. The van der Waals surface area contributed by atoms with E-state index in [1.807, 2.05) is 18.2 Å². The summed E-state index contributed by atoms with van der Waals surface area (Å²) in [6.45, 7) is 0.298. The van der Waals surface area contributed by atoms with Crippen LogP contribution in [0.2, 0.25) is 5.02 Å². The first-order chi connectivity index (χ1) is 8.70. The van der Waals surface area contributed by atoms with E-state index in [1.165, 1.54) is 6.20 Å². The van der Waals surface area contributed by atoms with Gasteiger partial charge in [-0.05, 0) is 23.8 Å². The third-order valence-corrected chi connectivity index (χ3v) is 2.57. The predicted molar refractivity (Wildman–Crippen MR) is 69.1 cm³/mol. The van der Waals surface area contributed by atoms with Crippen LogP contribution in [0.5, 0.6) is 5.88 Å². The molecule has 0 fully saturated rings. The first-order valence-electron chi connectivity index (χ1n) is 5.22. The zero-order valence-corrected chi connectivity index (χ0v) is 10.2. The van der Waals surface area contributed by atoms with Crippen LogP contribution in [0.25, 0.3) is 0 Å². The minimum absolute atomic E-state index is 0.252. The van der Waals surface area contributed by atoms with Gasteiger partial charge in [0.05, 0.1) is 5.56 Å². The zero-order valence-electron chi connectivity index (χ0n) is 9.43. The lowest BCUT2D eigenvalue weighted by Gasteiger charge is -2.08. The van der Waals surface area contributed by atoms with E-state index >= 15 is 0 Å². The number of ether oxygens (including phenoxy) is 1. The number of benzene rings is 1. The number of anilines is 1. The molecule has 1 aromatic heterocycles. The quantitative estimate of drug-likeness (QED) is 0.920. The number of nitrogens with two attached hydrogens (primary N) is 1. The zero-order chi connectivity index (χ0) is 13.0. The van der Waals surface area contributed by atoms with Crippen LogP contribution in [0.4, 0.5) is 5.69 Å². The Labute approximate surface area is 110 Å². The van der Waals surface area contributed by atoms with E-state index in [9.17, 15) is 0 Å². The minimum atomic E-state index is 0.252. The molecule has 1 heterocycles. The second kappa shape index (κ2) is 5.39. The molecule has 2 N–H and O–H groups in total. The van der Waals surface area contributed by atoms with Gasteiger partial charge in [0.1, 0.15) is 18.4 Å². The third kappa shape index (κ3) is 2.70. The maximum absolute atomic E-state index is 8.83. The van der Waals surface area contributed by atoms with E-state index in [2.05, 4.69) is 4.98 Å². The van der Waals surface area contributed by atoms with Gasteiger partial charge in [0.25, 0.3) is 0 Å². The Morgan fingerprint density at radius 1 is 1.39 bits per heavy atom. The molecule has 90 valence electrons. The van der Waals surface area contributed by atoms with E-state index in [4.69, 9.17) is 27.3 Å². The van der Waals surface area contributed by atoms with Gasteiger partial charge in [0.2, 0.25) is 5.88 Å². The summed E-state index contributed by atoms with van der Waals surface area (Å²) < 4.78 is 5.47. The summed E-state index contributed by atoms with van der Waals surface area (Å²) in [5.74, 6) is 0.258. The van der Waals surface area contributed by atoms with E-state index in [-0.39, 0.29) is 11.6 Å². The maximum Gasteiger partial charge on any atom is 0.238 e. The summed E-state index contributed by atoms with van der Waals surface area (Å²) in [5, 5.41) is 9.48. The molecule has 1 aromatic carbocycles. The summed E-state index contributed by atoms with van der Waals surface area (Å²) in [6.07, 6.45) is 1.49. The second-order valence-corrected chi connectivity index (χ2v) is 4.04. The van der Waals surface area contributed by atoms with Gasteiger partial charge in [-0.25, -0.2) is 4.98 Å². The molecule has 0 aliphatic carbocycles. The smallest absolute Gasteiger partial charge is 0.238 e. The van der Waals surface area contributed by atoms with Crippen LogP contribution in [-0.4, -0.2) is 4.98 Å². The molecule has 0 spiro atoms. The number of pyridine rings is 1. The average Bonchev–Trinajstić information content (AvgIpc) is 2.38. The van der Waals surface area contributed by atoms with Gasteiger partial charge in [-0.15, -0.1) is 0 Å². The maximum atomic E-state index is 8.83. The van der Waals surface area contributed by atoms with Gasteiger partial charge in [-0.1, -0.05) is 23.7 Å². The molecule has 0 saturated carbocycles. The highest BCUT2D eigenvalue weighted by atomic mass is 35.5. The van der Waals surface area contributed by atoms with Crippen LogP contribution >= 0.6 is 11.6 Å². The number of nitrogens with zero attached hydrogens (tertiary/aromatic N) is 2. The van der Waals surface area contributed by atoms with Crippen LogP contribution in [0, 0.1) is 11.3 Å². The van der Waals surface area contributed by atoms with Gasteiger partial charge in [-0.2, -0.15) is 5.26 Å². The number of aromatic nitrogens is 1. The fourth-order valence-electron chi connectivity index (χ4n) is 1.44. The van der Waals surface area contributed by atoms with Crippen molar-refractivity contribution in [2.75, 3.05) is 5.73 Å². The minimum Gasteiger partial charge on any atom is -0.471 e. The van der Waals surface area contributed by atoms with Crippen molar-refractivity contribution in [3.05, 3.63) is 52.7 Å². The van der Waals surface area contributed by atoms with Gasteiger partial charge in [0.15, 0.2) is 0 Å². The van der Waals surface area contributed by atoms with E-state index in [0.717, 1.165) is 5.56 Å². The highest BCUT2D eigenvalue weighted by Gasteiger charge is 2.07. The Hall–Kier alpha value is -2.25. The van der Waals surface area contributed by atoms with Crippen molar-refractivity contribution in [3.63, 3.8) is 0 Å². The highest BCUT2D eigenvalue weighted by molar-refractivity contribution is 6.30. The summed E-state index contributed by atoms with van der Waals surface area (Å²) in [4.78, 5) is 3.99. The van der Waals surface area contributed by atoms with Gasteiger partial charge in [-0.3, -0.25) is 0 Å². The van der Waals surface area contributed by atoms with Crippen LogP contribution < -0.4 is 10.5 Å². The molecule has 2 aromatic rings. The van der Waals surface area contributed by atoms with Crippen molar-refractivity contribution >= 4 is 17.3 Å². The molecule has 0 amide bonds. The Morgan fingerprint density at radius 2 is 2.22 bits per heavy atom. The lowest BCUT2D eigenvalue weighted by atomic mass is 10.2. The normalized spacial score (nSPS) is 9.78. The topological polar surface area (TPSA) is 71.9 Å². The van der Waals surface area contributed by atoms with E-state index in [1.54, 1.807) is 18.2 Å². The largest absolute Gasteiger partial charge is 0.471 e. The molecule has 0 aliphatic heterocycles. The Morgan fingerprint density at radius 3 is 2.94 bits per heavy atom. The van der Waals surface area contributed by atoms with Gasteiger partial charge < -0.3 is 10.5 Å². The molecular weight excluding hydrogens is 250 g/mol. The number of nitriles is 1. The lowest BCUT2D eigenvalue weighted by Crippen LogP contribution is -2.02. The van der Waals surface area contributed by atoms with Crippen molar-refractivity contribution in [2.45, 2.75) is 6.61 Å². The fraction of sp³-hybridized carbons (Fsp3) is 0.0769. The van der Waals surface area contributed by atoms with Crippen LogP contribution in [0.15, 0.2) is 36.5 Å². The van der Waals surface area contributed by atoms with Gasteiger partial charge in [0, 0.05) is 11.2 Å². The predicted octanol–water partition coefficient (Wildman–Crippen LogP) is 2.77. The SMILES string of the molecule is N#Cc1ccnc(OCc2cccc(Cl)c2)c1N. The number of rotatable bonds is 3. The van der Waals surface area contributed by atoms with Crippen molar-refractivity contribution in [2.24, 2.45) is 0 Å². The molecule has 0 atom stereocenters. The third-order valence-electron chi connectivity index (χ3n) is 2.34. The van der Waals surface area contributed by atoms with Crippen molar-refractivity contribution in [1.29, 1.82) is 5.26 Å². The van der Waals surface area contributed by atoms with E-state index in [0.29, 0.717) is 17.2 Å². The standard InChI is InChI=1S/C13H10ClN3O/c14-11-3-1-2-9(6-11)8-18-13-12(16)10(7-15)4-5-17-13/h1-6H,8,16H2. The first kappa shape index (κ1) is 12.2. The molecular formula is C13H10ClN3O. The van der Waals surface area contributed by atoms with Crippen molar-refractivity contribution in [3.8, 4) is 11.9 Å². The summed E-state index contributed by atoms with van der Waals surface area (Å²) in [6, 6.07) is 10.8. The molecule has 0 radical (unpaired) electrons. The summed E-state index contributed by atoms with van der Waals surface area (Å²) >= 11 is 5.87. The van der Waals surface area contributed by atoms with Crippen molar-refractivity contribution in [1.82, 2.24) is 4.98 Å². The fourth-order valence-corrected chi connectivity index (χ4v) is 1.66. The number of halogens is 1. The van der Waals surface area contributed by atoms with Gasteiger partial charge >= 0.3 is 0 Å². The molecule has 0 saturated heterocycles. The monoisotopic (exact) mass is 259 g/mol. The number of hydrogen-bond donors (Lipinski definition) is 1. The number of nitrogen functional groups attached to an aromatic ring is 1. The molecule has 4 nitrogen and oxygen atoms in total. The summed E-state index contributed by atoms with van der Waals surface area (Å²) in [5.41, 5.74) is 7.26. The van der Waals surface area contributed by atoms with Crippen LogP contribution in [-0.2, 0) is 6.61 Å². The molecule has 0 aliphatic rings. The molecule has 2 rings (SSSR count). The van der Waals surface area contributed by atoms with Crippen molar-refractivity contribution < 1.29 is 4.74 Å². The Balaban J connectivity index is 2.14. The molecule has 0 unspecified atom stereocenters. The van der Waals surface area contributed by atoms with Crippen LogP contribution in [0.3, 0.4) is 0 Å². The van der Waals surface area contributed by atoms with E-state index < -0.39 is 0 Å². The van der Waals surface area contributed by atoms with Crippen LogP contribution in [0.1, 0.15) is 11.1 Å². The lowest BCUT2D eigenvalue weighted by molar-refractivity contribution is 0.296. The molecule has 5 heteroatoms. The highest BCUT2D eigenvalue weighted by Crippen LogP contribution is 2.22. The molecule has 0 bridgehead atoms. The molecule has 18 heavy (non-hydrogen) atoms. The summed E-state index contributed by atoms with van der Waals surface area (Å²) in [7, 11) is 0. The Bertz CT molecular complexity index is 607. The Kier molecular flexibility index (Phi) is 3.66. The number of hydrogen-bond acceptors (Lipinski definition) is 4. The average molecular weight is 260 g/mol.